The van der Waals surface area contributed by atoms with Crippen LogP contribution in [0.3, 0.4) is 0 Å². The summed E-state index contributed by atoms with van der Waals surface area (Å²) < 4.78 is 16.1. The maximum Gasteiger partial charge on any atom is 0.524 e. The molecule has 16 N–H and O–H groups in total. The summed E-state index contributed by atoms with van der Waals surface area (Å²) in [6, 6.07) is 4.56. The maximum atomic E-state index is 14.4. The Morgan fingerprint density at radius 2 is 1.22 bits per heavy atom. The number of carbonyl (C=O) groups excluding carboxylic acids is 9. The highest BCUT2D eigenvalue weighted by Gasteiger charge is 2.35. The number of aryl methyl sites for hydroxylation is 1. The second kappa shape index (κ2) is 31.1. The van der Waals surface area contributed by atoms with E-state index in [2.05, 4.69) is 41.7 Å². The first kappa shape index (κ1) is 62.5. The van der Waals surface area contributed by atoms with Gasteiger partial charge in [-0.1, -0.05) is 70.2 Å². The van der Waals surface area contributed by atoms with Gasteiger partial charge < -0.3 is 64.0 Å². The van der Waals surface area contributed by atoms with E-state index in [0.717, 1.165) is 5.56 Å². The molecule has 0 heterocycles. The summed E-state index contributed by atoms with van der Waals surface area (Å²) in [6.07, 6.45) is 0.520. The lowest BCUT2D eigenvalue weighted by molar-refractivity contribution is -0.137. The molecule has 0 aliphatic rings. The fourth-order valence-electron chi connectivity index (χ4n) is 6.95. The second-order valence-electron chi connectivity index (χ2n) is 17.8. The quantitative estimate of drug-likeness (QED) is 0.0357. The van der Waals surface area contributed by atoms with E-state index in [0.29, 0.717) is 12.2 Å². The summed E-state index contributed by atoms with van der Waals surface area (Å²) in [6.45, 7) is 6.07. The van der Waals surface area contributed by atoms with Crippen molar-refractivity contribution in [2.24, 2.45) is 29.0 Å². The Hall–Kier alpha value is -6.60. The molecule has 0 saturated heterocycles. The monoisotopic (exact) mass is 1060 g/mol. The van der Waals surface area contributed by atoms with E-state index >= 15 is 0 Å². The Labute approximate surface area is 427 Å². The maximum absolute atomic E-state index is 14.4. The predicted octanol–water partition coefficient (Wildman–Crippen LogP) is -1.63. The van der Waals surface area contributed by atoms with Crippen LogP contribution >= 0.6 is 19.6 Å². The third-order valence-corrected chi connectivity index (χ3v) is 11.9. The summed E-state index contributed by atoms with van der Waals surface area (Å²) in [5, 5.41) is 26.4. The number of hydrogen-bond donors (Lipinski definition) is 13. The first-order chi connectivity index (χ1) is 34.2. The van der Waals surface area contributed by atoms with Crippen molar-refractivity contribution in [3.05, 3.63) is 65.7 Å². The van der Waals surface area contributed by atoms with Crippen LogP contribution in [0.15, 0.2) is 54.6 Å². The summed E-state index contributed by atoms with van der Waals surface area (Å²) in [7, 11) is -4.96. The number of phosphoric ester groups is 1. The molecule has 2 rings (SSSR count). The second-order valence-corrected chi connectivity index (χ2v) is 19.9. The Balaban J connectivity index is 2.44. The molecule has 7 atom stereocenters. The van der Waals surface area contributed by atoms with Crippen molar-refractivity contribution in [1.29, 1.82) is 0 Å². The van der Waals surface area contributed by atoms with Crippen LogP contribution in [0.2, 0.25) is 0 Å². The zero-order chi connectivity index (χ0) is 55.0. The number of carboxylic acids is 1. The molecular weight excluding hydrogens is 996 g/mol. The van der Waals surface area contributed by atoms with Gasteiger partial charge in [-0.3, -0.25) is 57.7 Å². The Morgan fingerprint density at radius 1 is 0.658 bits per heavy atom. The third kappa shape index (κ3) is 24.6. The van der Waals surface area contributed by atoms with Gasteiger partial charge in [-0.05, 0) is 79.2 Å². The fourth-order valence-corrected chi connectivity index (χ4v) is 7.82. The van der Waals surface area contributed by atoms with Crippen LogP contribution in [0.1, 0.15) is 77.3 Å². The number of amides is 9. The summed E-state index contributed by atoms with van der Waals surface area (Å²) in [5.74, 6) is -10.0. The van der Waals surface area contributed by atoms with E-state index in [1.54, 1.807) is 34.0 Å². The lowest BCUT2D eigenvalue weighted by atomic mass is 10.00. The van der Waals surface area contributed by atoms with Crippen molar-refractivity contribution in [2.75, 3.05) is 18.6 Å². The summed E-state index contributed by atoms with van der Waals surface area (Å²) in [4.78, 5) is 149. The van der Waals surface area contributed by atoms with Gasteiger partial charge in [-0.2, -0.15) is 11.8 Å². The molecule has 0 fully saturated rings. The molecule has 27 heteroatoms. The molecule has 0 aliphatic heterocycles. The van der Waals surface area contributed by atoms with E-state index in [9.17, 15) is 62.3 Å². The SMILES string of the molecule is CSCC[C@H](NC(=O)[C@H](Cc1ccc(OP(=O)(O)O)cc1)NC(=O)[C@H](CC(N)=O)NC(=O)[C@H](CC(C)C)NC(=O)CNC(=O)[C@@H](N)CCC(=O)O)C(=O)N[C@H](C(=O)N[C@@H](CCc1ccccc1)C(N)=O)C(C)C. The molecule has 0 radical (unpaired) electrons. The van der Waals surface area contributed by atoms with Gasteiger partial charge in [0.1, 0.15) is 42.0 Å². The van der Waals surface area contributed by atoms with Crippen LogP contribution < -0.4 is 58.9 Å². The van der Waals surface area contributed by atoms with Gasteiger partial charge in [0.25, 0.3) is 0 Å². The van der Waals surface area contributed by atoms with Gasteiger partial charge in [0.2, 0.25) is 53.2 Å². The molecule has 2 aromatic rings. The third-order valence-electron chi connectivity index (χ3n) is 10.8. The number of primary amides is 2. The Kier molecular flexibility index (Phi) is 26.6. The number of carbonyl (C=O) groups is 10. The highest BCUT2D eigenvalue weighted by Crippen LogP contribution is 2.37. The minimum Gasteiger partial charge on any atom is -0.481 e. The number of carboxylic acid groups (broad SMARTS) is 1. The minimum atomic E-state index is -4.96. The van der Waals surface area contributed by atoms with Crippen molar-refractivity contribution < 1.29 is 71.9 Å². The molecule has 2 aromatic carbocycles. The van der Waals surface area contributed by atoms with E-state index in [1.165, 1.54) is 36.0 Å². The van der Waals surface area contributed by atoms with Crippen molar-refractivity contribution in [2.45, 2.75) is 121 Å². The lowest BCUT2D eigenvalue weighted by Gasteiger charge is -2.28. The van der Waals surface area contributed by atoms with E-state index in [-0.39, 0.29) is 49.3 Å². The molecule has 0 aliphatic carbocycles. The highest BCUT2D eigenvalue weighted by molar-refractivity contribution is 7.98. The lowest BCUT2D eigenvalue weighted by Crippen LogP contribution is -2.61. The van der Waals surface area contributed by atoms with Gasteiger partial charge in [-0.15, -0.1) is 0 Å². The first-order valence-electron chi connectivity index (χ1n) is 23.2. The topological polar surface area (TPSA) is 420 Å². The zero-order valence-electron chi connectivity index (χ0n) is 41.3. The molecule has 25 nitrogen and oxygen atoms in total. The molecule has 0 bridgehead atoms. The van der Waals surface area contributed by atoms with Crippen LogP contribution in [0.25, 0.3) is 0 Å². The van der Waals surface area contributed by atoms with Crippen LogP contribution in [-0.2, 0) is 65.4 Å². The number of aliphatic carboxylic acids is 1. The van der Waals surface area contributed by atoms with Gasteiger partial charge in [0, 0.05) is 12.8 Å². The van der Waals surface area contributed by atoms with Crippen molar-refractivity contribution >= 4 is 78.7 Å². The number of hydrogen-bond acceptors (Lipinski definition) is 14. The number of thioether (sulfide) groups is 1. The van der Waals surface area contributed by atoms with Gasteiger partial charge in [-0.25, -0.2) is 4.57 Å². The average molecular weight is 1070 g/mol. The largest absolute Gasteiger partial charge is 0.524 e. The summed E-state index contributed by atoms with van der Waals surface area (Å²) >= 11 is 1.33. The van der Waals surface area contributed by atoms with E-state index < -0.39 is 135 Å². The van der Waals surface area contributed by atoms with Gasteiger partial charge in [0.15, 0.2) is 0 Å². The molecule has 73 heavy (non-hydrogen) atoms. The van der Waals surface area contributed by atoms with Gasteiger partial charge >= 0.3 is 13.8 Å². The fraction of sp³-hybridized carbons (Fsp3) is 0.522. The van der Waals surface area contributed by atoms with Gasteiger partial charge in [0.05, 0.1) is 19.0 Å². The van der Waals surface area contributed by atoms with Crippen molar-refractivity contribution in [3.63, 3.8) is 0 Å². The zero-order valence-corrected chi connectivity index (χ0v) is 43.0. The van der Waals surface area contributed by atoms with Crippen molar-refractivity contribution in [1.82, 2.24) is 37.2 Å². The van der Waals surface area contributed by atoms with Crippen LogP contribution in [0.5, 0.6) is 5.75 Å². The molecular formula is C46H69N10O15PS. The Morgan fingerprint density at radius 3 is 1.77 bits per heavy atom. The van der Waals surface area contributed by atoms with Crippen LogP contribution in [-0.4, -0.2) is 135 Å². The minimum absolute atomic E-state index is 0.00572. The van der Waals surface area contributed by atoms with Crippen LogP contribution in [0.4, 0.5) is 0 Å². The number of benzene rings is 2. The van der Waals surface area contributed by atoms with Crippen LogP contribution in [0, 0.1) is 11.8 Å². The summed E-state index contributed by atoms with van der Waals surface area (Å²) in [5.41, 5.74) is 18.0. The average Bonchev–Trinajstić information content (AvgIpc) is 3.30. The predicted molar refractivity (Wildman–Crippen MR) is 267 cm³/mol. The van der Waals surface area contributed by atoms with E-state index in [1.807, 2.05) is 30.3 Å². The number of nitrogens with two attached hydrogens (primary N) is 3. The van der Waals surface area contributed by atoms with E-state index in [4.69, 9.17) is 22.3 Å². The standard InChI is InChI=1S/C46H69N10O15PS/c1-25(2)21-33(51-37(58)24-50-41(62)30(47)16-18-38(59)60)43(64)55-35(23-36(48)57)45(66)54-34(22-28-11-14-29(15-12-28)71-72(68,69)70)44(65)53-32(19-20-73-5)42(63)56-39(26(3)4)46(67)52-31(40(49)61)17-13-27-9-7-6-8-10-27/h6-12,14-15,25-26,30-35,39H,13,16-24,47H2,1-5H3,(H2,48,57)(H2,49,61)(H,50,62)(H,51,58)(H,52,67)(H,53,65)(H,54,66)(H,55,64)(H,56,63)(H,59,60)(H2,68,69,70)/t30-,31-,32-,33-,34-,35-,39-/m0/s1. The molecule has 0 unspecified atom stereocenters. The normalized spacial score (nSPS) is 14.2. The molecule has 0 saturated carbocycles. The number of nitrogens with one attached hydrogen (secondary N) is 7. The number of phosphoric acid groups is 1. The molecule has 0 aromatic heterocycles. The number of rotatable bonds is 33. The molecule has 0 spiro atoms. The Bertz CT molecular complexity index is 2270. The molecule has 9 amide bonds. The highest BCUT2D eigenvalue weighted by atomic mass is 32.2. The van der Waals surface area contributed by atoms with Crippen molar-refractivity contribution in [3.8, 4) is 5.75 Å². The molecule has 404 valence electrons. The first-order valence-corrected chi connectivity index (χ1v) is 26.1. The smallest absolute Gasteiger partial charge is 0.481 e.